The van der Waals surface area contributed by atoms with Crippen molar-refractivity contribution in [2.24, 2.45) is 7.05 Å². The van der Waals surface area contributed by atoms with E-state index in [0.29, 0.717) is 0 Å². The first-order valence-electron chi connectivity index (χ1n) is 8.92. The van der Waals surface area contributed by atoms with Crippen molar-refractivity contribution >= 4 is 28.1 Å². The van der Waals surface area contributed by atoms with Crippen molar-refractivity contribution in [2.75, 3.05) is 5.32 Å². The van der Waals surface area contributed by atoms with Crippen LogP contribution in [0.15, 0.2) is 49.5 Å². The van der Waals surface area contributed by atoms with E-state index >= 15 is 0 Å². The molecular formula is C21H22N4O. The van der Waals surface area contributed by atoms with Crippen LogP contribution in [0.25, 0.3) is 27.7 Å². The van der Waals surface area contributed by atoms with Crippen LogP contribution in [0.4, 0.5) is 5.69 Å². The summed E-state index contributed by atoms with van der Waals surface area (Å²) in [5.41, 5.74) is 6.16. The van der Waals surface area contributed by atoms with Gasteiger partial charge >= 0.3 is 0 Å². The van der Waals surface area contributed by atoms with E-state index in [2.05, 4.69) is 34.0 Å². The number of fused-ring (bicyclic) bond motifs is 1. The van der Waals surface area contributed by atoms with Gasteiger partial charge in [-0.05, 0) is 55.5 Å². The minimum atomic E-state index is -0.220. The minimum Gasteiger partial charge on any atom is -0.354 e. The minimum absolute atomic E-state index is 0.220. The van der Waals surface area contributed by atoms with Gasteiger partial charge in [0.1, 0.15) is 0 Å². The van der Waals surface area contributed by atoms with Crippen molar-refractivity contribution in [2.45, 2.75) is 25.7 Å². The molecule has 0 spiro atoms. The van der Waals surface area contributed by atoms with Gasteiger partial charge in [-0.1, -0.05) is 12.7 Å². The summed E-state index contributed by atoms with van der Waals surface area (Å²) in [6.45, 7) is 3.53. The average molecular weight is 346 g/mol. The van der Waals surface area contributed by atoms with Crippen molar-refractivity contribution < 1.29 is 4.79 Å². The number of rotatable bonds is 4. The number of aromatic nitrogens is 3. The number of hydrogen-bond donors (Lipinski definition) is 2. The number of carbonyl (C=O) groups is 1. The lowest BCUT2D eigenvalue weighted by Gasteiger charge is -2.10. The first kappa shape index (κ1) is 16.4. The standard InChI is InChI=1S/C21H22N4O/c1-3-20(26)23-16-9-15-10-18(14-7-5-4-6-8-14)24-21(15)17(11-16)19-12-25(2)13-22-19/h3,7,9-13,24H,1,4-6,8H2,2H3,(H,23,26). The van der Waals surface area contributed by atoms with E-state index in [1.807, 2.05) is 29.9 Å². The van der Waals surface area contributed by atoms with Gasteiger partial charge in [0.05, 0.1) is 17.5 Å². The summed E-state index contributed by atoms with van der Waals surface area (Å²) in [5, 5.41) is 3.93. The van der Waals surface area contributed by atoms with Crippen LogP contribution in [-0.2, 0) is 11.8 Å². The molecule has 0 fully saturated rings. The highest BCUT2D eigenvalue weighted by Crippen LogP contribution is 2.35. The van der Waals surface area contributed by atoms with Crippen molar-refractivity contribution in [3.8, 4) is 11.3 Å². The zero-order valence-electron chi connectivity index (χ0n) is 14.9. The molecule has 4 rings (SSSR count). The number of nitrogens with zero attached hydrogens (tertiary/aromatic N) is 2. The van der Waals surface area contributed by atoms with Crippen LogP contribution in [0.3, 0.4) is 0 Å². The maximum Gasteiger partial charge on any atom is 0.247 e. The van der Waals surface area contributed by atoms with Crippen molar-refractivity contribution in [3.05, 3.63) is 55.1 Å². The van der Waals surface area contributed by atoms with Crippen molar-refractivity contribution in [3.63, 3.8) is 0 Å². The molecule has 0 aliphatic heterocycles. The molecule has 5 nitrogen and oxygen atoms in total. The summed E-state index contributed by atoms with van der Waals surface area (Å²) in [4.78, 5) is 19.8. The van der Waals surface area contributed by atoms with Gasteiger partial charge in [0.15, 0.2) is 0 Å². The third kappa shape index (κ3) is 3.08. The molecule has 0 bridgehead atoms. The van der Waals surface area contributed by atoms with E-state index in [1.165, 1.54) is 24.5 Å². The molecule has 2 N–H and O–H groups in total. The Morgan fingerprint density at radius 2 is 2.23 bits per heavy atom. The number of hydrogen-bond acceptors (Lipinski definition) is 2. The van der Waals surface area contributed by atoms with Gasteiger partial charge < -0.3 is 14.9 Å². The second-order valence-corrected chi connectivity index (χ2v) is 6.76. The van der Waals surface area contributed by atoms with E-state index in [0.717, 1.165) is 46.4 Å². The maximum atomic E-state index is 11.8. The Labute approximate surface area is 152 Å². The van der Waals surface area contributed by atoms with Gasteiger partial charge in [-0.3, -0.25) is 4.79 Å². The number of H-pyrrole nitrogens is 1. The predicted octanol–water partition coefficient (Wildman–Crippen LogP) is 4.65. The quantitative estimate of drug-likeness (QED) is 0.675. The largest absolute Gasteiger partial charge is 0.354 e. The highest BCUT2D eigenvalue weighted by molar-refractivity contribution is 6.04. The second kappa shape index (κ2) is 6.67. The highest BCUT2D eigenvalue weighted by atomic mass is 16.1. The number of amides is 1. The molecule has 1 aliphatic carbocycles. The first-order valence-corrected chi connectivity index (χ1v) is 8.92. The van der Waals surface area contributed by atoms with Crippen LogP contribution in [0.2, 0.25) is 0 Å². The Morgan fingerprint density at radius 1 is 1.35 bits per heavy atom. The van der Waals surface area contributed by atoms with E-state index in [1.54, 1.807) is 6.33 Å². The van der Waals surface area contributed by atoms with Crippen molar-refractivity contribution in [1.82, 2.24) is 14.5 Å². The number of aryl methyl sites for hydroxylation is 1. The number of imidazole rings is 1. The molecule has 2 heterocycles. The molecule has 26 heavy (non-hydrogen) atoms. The molecule has 1 aromatic carbocycles. The molecule has 0 saturated heterocycles. The lowest BCUT2D eigenvalue weighted by atomic mass is 9.97. The van der Waals surface area contributed by atoms with Crippen LogP contribution in [-0.4, -0.2) is 20.4 Å². The van der Waals surface area contributed by atoms with Gasteiger partial charge in [-0.15, -0.1) is 0 Å². The van der Waals surface area contributed by atoms with Gasteiger partial charge in [0.2, 0.25) is 5.91 Å². The van der Waals surface area contributed by atoms with Gasteiger partial charge in [-0.2, -0.15) is 0 Å². The average Bonchev–Trinajstić information content (AvgIpc) is 3.28. The molecule has 0 saturated carbocycles. The van der Waals surface area contributed by atoms with Gasteiger partial charge in [0.25, 0.3) is 0 Å². The van der Waals surface area contributed by atoms with E-state index in [4.69, 9.17) is 0 Å². The number of carbonyl (C=O) groups excluding carboxylic acids is 1. The number of benzene rings is 1. The summed E-state index contributed by atoms with van der Waals surface area (Å²) in [7, 11) is 1.95. The molecule has 5 heteroatoms. The molecule has 1 amide bonds. The van der Waals surface area contributed by atoms with Crippen LogP contribution >= 0.6 is 0 Å². The zero-order valence-corrected chi connectivity index (χ0v) is 14.9. The summed E-state index contributed by atoms with van der Waals surface area (Å²) in [6.07, 6.45) is 12.1. The topological polar surface area (TPSA) is 62.7 Å². The Balaban J connectivity index is 1.87. The number of anilines is 1. The first-order chi connectivity index (χ1) is 12.6. The van der Waals surface area contributed by atoms with Crippen LogP contribution in [0.5, 0.6) is 0 Å². The Kier molecular flexibility index (Phi) is 4.21. The van der Waals surface area contributed by atoms with Crippen LogP contribution in [0, 0.1) is 0 Å². The van der Waals surface area contributed by atoms with E-state index in [9.17, 15) is 4.79 Å². The third-order valence-corrected chi connectivity index (χ3v) is 4.80. The van der Waals surface area contributed by atoms with E-state index in [-0.39, 0.29) is 5.91 Å². The van der Waals surface area contributed by atoms with Crippen LogP contribution < -0.4 is 5.32 Å². The molecule has 0 atom stereocenters. The Bertz CT molecular complexity index is 1020. The third-order valence-electron chi connectivity index (χ3n) is 4.80. The fourth-order valence-electron chi connectivity index (χ4n) is 3.52. The van der Waals surface area contributed by atoms with Gasteiger partial charge in [-0.25, -0.2) is 4.98 Å². The molecule has 0 unspecified atom stereocenters. The van der Waals surface area contributed by atoms with Crippen LogP contribution in [0.1, 0.15) is 31.4 Å². The Morgan fingerprint density at radius 3 is 2.92 bits per heavy atom. The summed E-state index contributed by atoms with van der Waals surface area (Å²) < 4.78 is 1.92. The maximum absolute atomic E-state index is 11.8. The normalized spacial score (nSPS) is 14.3. The zero-order chi connectivity index (χ0) is 18.1. The fraction of sp³-hybridized carbons (Fsp3) is 0.238. The lowest BCUT2D eigenvalue weighted by Crippen LogP contribution is -2.07. The summed E-state index contributed by atoms with van der Waals surface area (Å²) in [5.74, 6) is -0.220. The van der Waals surface area contributed by atoms with Gasteiger partial charge in [0, 0.05) is 35.6 Å². The monoisotopic (exact) mass is 346 g/mol. The number of allylic oxidation sites excluding steroid dienone is 2. The molecule has 132 valence electrons. The molecule has 1 aliphatic rings. The molecular weight excluding hydrogens is 324 g/mol. The predicted molar refractivity (Wildman–Crippen MR) is 106 cm³/mol. The number of aromatic amines is 1. The lowest BCUT2D eigenvalue weighted by molar-refractivity contribution is -0.111. The molecule has 2 aromatic heterocycles. The number of nitrogens with one attached hydrogen (secondary N) is 2. The summed E-state index contributed by atoms with van der Waals surface area (Å²) >= 11 is 0. The second-order valence-electron chi connectivity index (χ2n) is 6.76. The van der Waals surface area contributed by atoms with Crippen molar-refractivity contribution in [1.29, 1.82) is 0 Å². The Hall–Kier alpha value is -3.08. The SMILES string of the molecule is C=CC(=O)Nc1cc(-c2cn(C)cn2)c2[nH]c(C3=CCCCC3)cc2c1. The van der Waals surface area contributed by atoms with E-state index < -0.39 is 0 Å². The fourth-order valence-corrected chi connectivity index (χ4v) is 3.52. The smallest absolute Gasteiger partial charge is 0.247 e. The molecule has 3 aromatic rings. The molecule has 0 radical (unpaired) electrons. The summed E-state index contributed by atoms with van der Waals surface area (Å²) in [6, 6.07) is 6.12. The highest BCUT2D eigenvalue weighted by Gasteiger charge is 2.15.